The quantitative estimate of drug-likeness (QED) is 0.769. The molecule has 0 atom stereocenters. The Morgan fingerprint density at radius 2 is 2.06 bits per heavy atom. The van der Waals surface area contributed by atoms with Gasteiger partial charge in [0, 0.05) is 12.8 Å². The van der Waals surface area contributed by atoms with Gasteiger partial charge in [0.15, 0.2) is 11.5 Å². The lowest BCUT2D eigenvalue weighted by Crippen LogP contribution is -2.05. The summed E-state index contributed by atoms with van der Waals surface area (Å²) in [5.41, 5.74) is 1.06. The van der Waals surface area contributed by atoms with Crippen LogP contribution in [0.5, 0.6) is 11.5 Å². The maximum atomic E-state index is 11.3. The first kappa shape index (κ1) is 12.7. The first-order chi connectivity index (χ1) is 8.79. The molecule has 1 aromatic rings. The fourth-order valence-electron chi connectivity index (χ4n) is 1.84. The predicted molar refractivity (Wildman–Crippen MR) is 67.0 cm³/mol. The smallest absolute Gasteiger partial charge is 0.306 e. The van der Waals surface area contributed by atoms with E-state index in [1.807, 2.05) is 25.1 Å². The van der Waals surface area contributed by atoms with Crippen molar-refractivity contribution in [3.63, 3.8) is 0 Å². The van der Waals surface area contributed by atoms with E-state index in [9.17, 15) is 4.79 Å². The largest absolute Gasteiger partial charge is 0.490 e. The molecule has 0 spiro atoms. The number of benzene rings is 1. The normalized spacial score (nSPS) is 13.8. The molecule has 98 valence electrons. The zero-order chi connectivity index (χ0) is 12.8. The highest BCUT2D eigenvalue weighted by atomic mass is 16.5. The maximum absolute atomic E-state index is 11.3. The maximum Gasteiger partial charge on any atom is 0.306 e. The molecule has 1 heterocycles. The molecule has 0 saturated heterocycles. The van der Waals surface area contributed by atoms with Gasteiger partial charge < -0.3 is 14.2 Å². The van der Waals surface area contributed by atoms with Crippen LogP contribution in [-0.2, 0) is 16.0 Å². The number of carbonyl (C=O) groups excluding carboxylic acids is 1. The minimum atomic E-state index is -0.162. The van der Waals surface area contributed by atoms with Crippen molar-refractivity contribution in [3.05, 3.63) is 23.8 Å². The highest BCUT2D eigenvalue weighted by Gasteiger charge is 2.11. The molecule has 0 unspecified atom stereocenters. The number of hydrogen-bond donors (Lipinski definition) is 0. The Labute approximate surface area is 107 Å². The highest BCUT2D eigenvalue weighted by Crippen LogP contribution is 2.30. The van der Waals surface area contributed by atoms with Gasteiger partial charge in [-0.05, 0) is 31.0 Å². The van der Waals surface area contributed by atoms with Gasteiger partial charge in [0.25, 0.3) is 0 Å². The van der Waals surface area contributed by atoms with Crippen molar-refractivity contribution >= 4 is 5.97 Å². The molecule has 0 bridgehead atoms. The molecule has 0 amide bonds. The SMILES string of the molecule is CCOC(=O)CCc1ccc2c(c1)OCCCO2. The highest BCUT2D eigenvalue weighted by molar-refractivity contribution is 5.69. The lowest BCUT2D eigenvalue weighted by atomic mass is 10.1. The molecule has 0 aliphatic carbocycles. The summed E-state index contributed by atoms with van der Waals surface area (Å²) in [6.45, 7) is 3.61. The van der Waals surface area contributed by atoms with Crippen LogP contribution in [0.4, 0.5) is 0 Å². The van der Waals surface area contributed by atoms with E-state index in [2.05, 4.69) is 0 Å². The van der Waals surface area contributed by atoms with E-state index < -0.39 is 0 Å². The fraction of sp³-hybridized carbons (Fsp3) is 0.500. The topological polar surface area (TPSA) is 44.8 Å². The standard InChI is InChI=1S/C14H18O4/c1-2-16-14(15)7-5-11-4-6-12-13(10-11)18-9-3-8-17-12/h4,6,10H,2-3,5,7-9H2,1H3. The van der Waals surface area contributed by atoms with Gasteiger partial charge in [-0.3, -0.25) is 4.79 Å². The Bertz CT molecular complexity index is 414. The van der Waals surface area contributed by atoms with E-state index in [4.69, 9.17) is 14.2 Å². The van der Waals surface area contributed by atoms with Crippen molar-refractivity contribution in [2.75, 3.05) is 19.8 Å². The van der Waals surface area contributed by atoms with Gasteiger partial charge in [0.1, 0.15) is 0 Å². The summed E-state index contributed by atoms with van der Waals surface area (Å²) in [5, 5.41) is 0. The van der Waals surface area contributed by atoms with E-state index in [1.165, 1.54) is 0 Å². The van der Waals surface area contributed by atoms with Gasteiger partial charge in [-0.2, -0.15) is 0 Å². The third kappa shape index (κ3) is 3.39. The summed E-state index contributed by atoms with van der Waals surface area (Å²) < 4.78 is 16.1. The Balaban J connectivity index is 1.97. The Hall–Kier alpha value is -1.71. The van der Waals surface area contributed by atoms with Crippen LogP contribution in [0.1, 0.15) is 25.3 Å². The second-order valence-electron chi connectivity index (χ2n) is 4.14. The van der Waals surface area contributed by atoms with Crippen LogP contribution in [0.25, 0.3) is 0 Å². The van der Waals surface area contributed by atoms with Gasteiger partial charge in [0.2, 0.25) is 0 Å². The summed E-state index contributed by atoms with van der Waals surface area (Å²) in [5.74, 6) is 1.39. The third-order valence-corrected chi connectivity index (χ3v) is 2.74. The number of carbonyl (C=O) groups is 1. The van der Waals surface area contributed by atoms with Crippen molar-refractivity contribution in [1.82, 2.24) is 0 Å². The number of fused-ring (bicyclic) bond motifs is 1. The van der Waals surface area contributed by atoms with Crippen LogP contribution < -0.4 is 9.47 Å². The number of rotatable bonds is 4. The summed E-state index contributed by atoms with van der Waals surface area (Å²) >= 11 is 0. The Morgan fingerprint density at radius 1 is 1.28 bits per heavy atom. The van der Waals surface area contributed by atoms with Crippen molar-refractivity contribution in [2.24, 2.45) is 0 Å². The first-order valence-corrected chi connectivity index (χ1v) is 6.33. The second-order valence-corrected chi connectivity index (χ2v) is 4.14. The lowest BCUT2D eigenvalue weighted by Gasteiger charge is -2.09. The van der Waals surface area contributed by atoms with Crippen LogP contribution >= 0.6 is 0 Å². The van der Waals surface area contributed by atoms with Crippen molar-refractivity contribution in [2.45, 2.75) is 26.2 Å². The van der Waals surface area contributed by atoms with E-state index in [1.54, 1.807) is 0 Å². The fourth-order valence-corrected chi connectivity index (χ4v) is 1.84. The monoisotopic (exact) mass is 250 g/mol. The first-order valence-electron chi connectivity index (χ1n) is 6.33. The summed E-state index contributed by atoms with van der Waals surface area (Å²) in [4.78, 5) is 11.3. The average Bonchev–Trinajstić information content (AvgIpc) is 2.61. The second kappa shape index (κ2) is 6.28. The summed E-state index contributed by atoms with van der Waals surface area (Å²) in [6.07, 6.45) is 1.95. The molecule has 4 nitrogen and oxygen atoms in total. The van der Waals surface area contributed by atoms with E-state index in [0.29, 0.717) is 32.7 Å². The molecule has 0 fully saturated rings. The number of aryl methyl sites for hydroxylation is 1. The van der Waals surface area contributed by atoms with E-state index in [-0.39, 0.29) is 5.97 Å². The molecule has 0 radical (unpaired) electrons. The third-order valence-electron chi connectivity index (χ3n) is 2.74. The Kier molecular flexibility index (Phi) is 4.45. The predicted octanol–water partition coefficient (Wildman–Crippen LogP) is 2.34. The molecular formula is C14H18O4. The number of hydrogen-bond acceptors (Lipinski definition) is 4. The van der Waals surface area contributed by atoms with Gasteiger partial charge in [0.05, 0.1) is 19.8 Å². The molecular weight excluding hydrogens is 232 g/mol. The molecule has 0 saturated carbocycles. The molecule has 1 aliphatic heterocycles. The molecule has 2 rings (SSSR count). The number of ether oxygens (including phenoxy) is 3. The number of esters is 1. The zero-order valence-corrected chi connectivity index (χ0v) is 10.6. The summed E-state index contributed by atoms with van der Waals surface area (Å²) in [6, 6.07) is 5.81. The van der Waals surface area contributed by atoms with Crippen molar-refractivity contribution < 1.29 is 19.0 Å². The molecule has 18 heavy (non-hydrogen) atoms. The van der Waals surface area contributed by atoms with E-state index >= 15 is 0 Å². The van der Waals surface area contributed by atoms with Crippen LogP contribution in [0.15, 0.2) is 18.2 Å². The minimum absolute atomic E-state index is 0.162. The zero-order valence-electron chi connectivity index (χ0n) is 10.6. The lowest BCUT2D eigenvalue weighted by molar-refractivity contribution is -0.143. The van der Waals surface area contributed by atoms with Crippen LogP contribution in [0, 0.1) is 0 Å². The van der Waals surface area contributed by atoms with Gasteiger partial charge in [-0.15, -0.1) is 0 Å². The minimum Gasteiger partial charge on any atom is -0.490 e. The summed E-state index contributed by atoms with van der Waals surface area (Å²) in [7, 11) is 0. The molecule has 0 N–H and O–H groups in total. The van der Waals surface area contributed by atoms with E-state index in [0.717, 1.165) is 23.5 Å². The average molecular weight is 250 g/mol. The molecule has 1 aliphatic rings. The van der Waals surface area contributed by atoms with Gasteiger partial charge in [-0.25, -0.2) is 0 Å². The molecule has 4 heteroatoms. The Morgan fingerprint density at radius 3 is 2.83 bits per heavy atom. The van der Waals surface area contributed by atoms with Crippen LogP contribution in [0.2, 0.25) is 0 Å². The van der Waals surface area contributed by atoms with Crippen LogP contribution in [0.3, 0.4) is 0 Å². The van der Waals surface area contributed by atoms with Gasteiger partial charge >= 0.3 is 5.97 Å². The molecule has 0 aromatic heterocycles. The van der Waals surface area contributed by atoms with Crippen molar-refractivity contribution in [3.8, 4) is 11.5 Å². The van der Waals surface area contributed by atoms with Crippen LogP contribution in [-0.4, -0.2) is 25.8 Å². The van der Waals surface area contributed by atoms with Gasteiger partial charge in [-0.1, -0.05) is 6.07 Å². The van der Waals surface area contributed by atoms with Crippen molar-refractivity contribution in [1.29, 1.82) is 0 Å². The molecule has 1 aromatic carbocycles.